The van der Waals surface area contributed by atoms with E-state index >= 15 is 0 Å². The number of carbonyl (C=O) groups is 2. The van der Waals surface area contributed by atoms with Gasteiger partial charge in [-0.15, -0.1) is 0 Å². The summed E-state index contributed by atoms with van der Waals surface area (Å²) in [5.41, 5.74) is 0.650. The molecule has 1 aliphatic rings. The molecule has 1 aromatic carbocycles. The van der Waals surface area contributed by atoms with E-state index in [-0.39, 0.29) is 5.91 Å². The number of carboxylic acids is 1. The topological polar surface area (TPSA) is 75.6 Å². The van der Waals surface area contributed by atoms with Gasteiger partial charge in [-0.1, -0.05) is 25.5 Å². The van der Waals surface area contributed by atoms with Crippen molar-refractivity contribution < 1.29 is 19.4 Å². The Morgan fingerprint density at radius 2 is 1.83 bits per heavy atom. The molecule has 124 valence electrons. The SMILES string of the molecule is CCCCOc1ccc(NC(=O)[C@@H]2CC=CC[C@H]2C(=O)O)cc1. The van der Waals surface area contributed by atoms with Crippen molar-refractivity contribution >= 4 is 17.6 Å². The maximum absolute atomic E-state index is 12.3. The van der Waals surface area contributed by atoms with E-state index in [4.69, 9.17) is 4.74 Å². The summed E-state index contributed by atoms with van der Waals surface area (Å²) in [5, 5.41) is 12.0. The molecule has 0 heterocycles. The average Bonchev–Trinajstić information content (AvgIpc) is 2.56. The summed E-state index contributed by atoms with van der Waals surface area (Å²) >= 11 is 0. The van der Waals surface area contributed by atoms with E-state index in [1.165, 1.54) is 0 Å². The van der Waals surface area contributed by atoms with Crippen LogP contribution < -0.4 is 10.1 Å². The molecule has 0 unspecified atom stereocenters. The first-order chi connectivity index (χ1) is 11.1. The molecule has 0 saturated heterocycles. The Morgan fingerprint density at radius 3 is 2.43 bits per heavy atom. The number of carbonyl (C=O) groups excluding carboxylic acids is 1. The highest BCUT2D eigenvalue weighted by molar-refractivity contribution is 5.95. The summed E-state index contributed by atoms with van der Waals surface area (Å²) < 4.78 is 5.57. The molecule has 0 fully saturated rings. The minimum Gasteiger partial charge on any atom is -0.494 e. The van der Waals surface area contributed by atoms with Gasteiger partial charge < -0.3 is 15.2 Å². The van der Waals surface area contributed by atoms with Gasteiger partial charge >= 0.3 is 5.97 Å². The minimum atomic E-state index is -0.922. The third kappa shape index (κ3) is 4.84. The van der Waals surface area contributed by atoms with Crippen LogP contribution in [0.4, 0.5) is 5.69 Å². The van der Waals surface area contributed by atoms with E-state index in [9.17, 15) is 14.7 Å². The predicted molar refractivity (Wildman–Crippen MR) is 88.5 cm³/mol. The van der Waals surface area contributed by atoms with E-state index in [2.05, 4.69) is 12.2 Å². The second-order valence-electron chi connectivity index (χ2n) is 5.71. The summed E-state index contributed by atoms with van der Waals surface area (Å²) in [6.45, 7) is 2.78. The first-order valence-electron chi connectivity index (χ1n) is 8.03. The van der Waals surface area contributed by atoms with E-state index in [1.807, 2.05) is 12.2 Å². The molecule has 0 saturated carbocycles. The van der Waals surface area contributed by atoms with Gasteiger partial charge in [0.05, 0.1) is 18.4 Å². The van der Waals surface area contributed by atoms with Crippen LogP contribution in [0.15, 0.2) is 36.4 Å². The summed E-state index contributed by atoms with van der Waals surface area (Å²) in [6.07, 6.45) is 6.64. The van der Waals surface area contributed by atoms with E-state index < -0.39 is 17.8 Å². The zero-order valence-corrected chi connectivity index (χ0v) is 13.3. The van der Waals surface area contributed by atoms with Crippen LogP contribution in [-0.4, -0.2) is 23.6 Å². The van der Waals surface area contributed by atoms with Gasteiger partial charge in [-0.05, 0) is 43.5 Å². The number of ether oxygens (including phenoxy) is 1. The number of hydrogen-bond donors (Lipinski definition) is 2. The van der Waals surface area contributed by atoms with Gasteiger partial charge in [-0.3, -0.25) is 9.59 Å². The number of unbranched alkanes of at least 4 members (excludes halogenated alkanes) is 1. The van der Waals surface area contributed by atoms with Crippen molar-refractivity contribution in [3.05, 3.63) is 36.4 Å². The van der Waals surface area contributed by atoms with Crippen LogP contribution in [0.5, 0.6) is 5.75 Å². The molecule has 1 amide bonds. The molecule has 1 aliphatic carbocycles. The highest BCUT2D eigenvalue weighted by atomic mass is 16.5. The third-order valence-electron chi connectivity index (χ3n) is 3.97. The molecule has 5 nitrogen and oxygen atoms in total. The van der Waals surface area contributed by atoms with Crippen LogP contribution in [0.1, 0.15) is 32.6 Å². The first kappa shape index (κ1) is 17.1. The molecule has 0 bridgehead atoms. The number of rotatable bonds is 7. The zero-order valence-electron chi connectivity index (χ0n) is 13.3. The number of nitrogens with one attached hydrogen (secondary N) is 1. The summed E-state index contributed by atoms with van der Waals surface area (Å²) in [6, 6.07) is 7.16. The molecule has 5 heteroatoms. The largest absolute Gasteiger partial charge is 0.494 e. The van der Waals surface area contributed by atoms with Gasteiger partial charge in [0, 0.05) is 5.69 Å². The standard InChI is InChI=1S/C18H23NO4/c1-2-3-12-23-14-10-8-13(9-11-14)19-17(20)15-6-4-5-7-16(15)18(21)22/h4-5,8-11,15-16H,2-3,6-7,12H2,1H3,(H,19,20)(H,21,22)/t15-,16-/m1/s1. The third-order valence-corrected chi connectivity index (χ3v) is 3.97. The van der Waals surface area contributed by atoms with Crippen LogP contribution in [-0.2, 0) is 9.59 Å². The molecule has 0 radical (unpaired) electrons. The number of benzene rings is 1. The van der Waals surface area contributed by atoms with Crippen molar-refractivity contribution in [1.82, 2.24) is 0 Å². The second kappa shape index (κ2) is 8.36. The van der Waals surface area contributed by atoms with Gasteiger partial charge in [-0.2, -0.15) is 0 Å². The molecule has 2 N–H and O–H groups in total. The minimum absolute atomic E-state index is 0.249. The number of anilines is 1. The number of aliphatic carboxylic acids is 1. The van der Waals surface area contributed by atoms with Crippen molar-refractivity contribution in [1.29, 1.82) is 0 Å². The number of carboxylic acid groups (broad SMARTS) is 1. The molecule has 23 heavy (non-hydrogen) atoms. The molecule has 2 atom stereocenters. The van der Waals surface area contributed by atoms with Crippen molar-refractivity contribution in [2.45, 2.75) is 32.6 Å². The van der Waals surface area contributed by atoms with E-state index in [0.29, 0.717) is 25.1 Å². The molecule has 2 rings (SSSR count). The fourth-order valence-electron chi connectivity index (χ4n) is 2.58. The lowest BCUT2D eigenvalue weighted by Gasteiger charge is -2.24. The molecule has 0 aliphatic heterocycles. The van der Waals surface area contributed by atoms with E-state index in [0.717, 1.165) is 18.6 Å². The van der Waals surface area contributed by atoms with Crippen LogP contribution in [0.25, 0.3) is 0 Å². The molecule has 1 aromatic rings. The van der Waals surface area contributed by atoms with Crippen LogP contribution in [0.2, 0.25) is 0 Å². The normalized spacial score (nSPS) is 20.0. The lowest BCUT2D eigenvalue weighted by molar-refractivity contribution is -0.146. The van der Waals surface area contributed by atoms with Crippen molar-refractivity contribution in [2.24, 2.45) is 11.8 Å². The number of amides is 1. The van der Waals surface area contributed by atoms with Gasteiger partial charge in [0.2, 0.25) is 5.91 Å². The fraction of sp³-hybridized carbons (Fsp3) is 0.444. The Kier molecular flexibility index (Phi) is 6.20. The molecular weight excluding hydrogens is 294 g/mol. The smallest absolute Gasteiger partial charge is 0.307 e. The number of hydrogen-bond acceptors (Lipinski definition) is 3. The highest BCUT2D eigenvalue weighted by Crippen LogP contribution is 2.27. The predicted octanol–water partition coefficient (Wildman–Crippen LogP) is 3.47. The monoisotopic (exact) mass is 317 g/mol. The maximum atomic E-state index is 12.3. The summed E-state index contributed by atoms with van der Waals surface area (Å²) in [4.78, 5) is 23.6. The summed E-state index contributed by atoms with van der Waals surface area (Å²) in [7, 11) is 0. The van der Waals surface area contributed by atoms with Gasteiger partial charge in [0.15, 0.2) is 0 Å². The fourth-order valence-corrected chi connectivity index (χ4v) is 2.58. The maximum Gasteiger partial charge on any atom is 0.307 e. The quantitative estimate of drug-likeness (QED) is 0.596. The van der Waals surface area contributed by atoms with Crippen molar-refractivity contribution in [2.75, 3.05) is 11.9 Å². The summed E-state index contributed by atoms with van der Waals surface area (Å²) in [5.74, 6) is -1.59. The highest BCUT2D eigenvalue weighted by Gasteiger charge is 2.33. The lowest BCUT2D eigenvalue weighted by Crippen LogP contribution is -2.34. The van der Waals surface area contributed by atoms with Gasteiger partial charge in [0.25, 0.3) is 0 Å². The van der Waals surface area contributed by atoms with Gasteiger partial charge in [-0.25, -0.2) is 0 Å². The zero-order chi connectivity index (χ0) is 16.7. The molecule has 0 spiro atoms. The average molecular weight is 317 g/mol. The lowest BCUT2D eigenvalue weighted by atomic mass is 9.82. The van der Waals surface area contributed by atoms with Crippen molar-refractivity contribution in [3.63, 3.8) is 0 Å². The van der Waals surface area contributed by atoms with Crippen LogP contribution >= 0.6 is 0 Å². The Hall–Kier alpha value is -2.30. The number of allylic oxidation sites excluding steroid dienone is 2. The Balaban J connectivity index is 1.94. The molecular formula is C18H23NO4. The Morgan fingerprint density at radius 1 is 1.17 bits per heavy atom. The van der Waals surface area contributed by atoms with Crippen LogP contribution in [0, 0.1) is 11.8 Å². The van der Waals surface area contributed by atoms with Crippen LogP contribution in [0.3, 0.4) is 0 Å². The Labute approximate surface area is 136 Å². The van der Waals surface area contributed by atoms with Gasteiger partial charge in [0.1, 0.15) is 5.75 Å². The van der Waals surface area contributed by atoms with E-state index in [1.54, 1.807) is 24.3 Å². The Bertz CT molecular complexity index is 565. The van der Waals surface area contributed by atoms with Crippen molar-refractivity contribution in [3.8, 4) is 5.75 Å². The molecule has 0 aromatic heterocycles. The second-order valence-corrected chi connectivity index (χ2v) is 5.71. The first-order valence-corrected chi connectivity index (χ1v) is 8.03.